The van der Waals surface area contributed by atoms with Gasteiger partial charge in [-0.1, -0.05) is 0 Å². The highest BCUT2D eigenvalue weighted by Gasteiger charge is 2.18. The maximum Gasteiger partial charge on any atom is 0.341 e. The van der Waals surface area contributed by atoms with Crippen LogP contribution in [0.4, 0.5) is 20.4 Å². The van der Waals surface area contributed by atoms with Crippen molar-refractivity contribution in [3.8, 4) is 23.0 Å². The van der Waals surface area contributed by atoms with Crippen LogP contribution in [0, 0.1) is 18.6 Å². The molecule has 0 radical (unpaired) electrons. The molecule has 33 heavy (non-hydrogen) atoms. The van der Waals surface area contributed by atoms with Crippen LogP contribution in [0.25, 0.3) is 0 Å². The number of nitrogens with one attached hydrogen (secondary N) is 1. The lowest BCUT2D eigenvalue weighted by Crippen LogP contribution is -2.10. The van der Waals surface area contributed by atoms with Crippen molar-refractivity contribution in [3.05, 3.63) is 59.4 Å². The van der Waals surface area contributed by atoms with Crippen LogP contribution < -0.4 is 24.3 Å². The molecule has 3 rings (SSSR count). The van der Waals surface area contributed by atoms with Crippen LogP contribution in [0.2, 0.25) is 0 Å². The Morgan fingerprint density at radius 3 is 2.33 bits per heavy atom. The van der Waals surface area contributed by atoms with Gasteiger partial charge in [0.1, 0.15) is 12.4 Å². The standard InChI is InChI=1S/C22H21F2N3O6/c1-12-6-18(31-3)21(24)15(20(12)23)10-32-14-8-25-22(26-9-14)27-13-4-5-16(30-2)17(7-13)33-11-19(28)29/h4-9H,10-11H2,1-3H3,(H,28,29)(H,25,26,27). The minimum absolute atomic E-state index is 0.0745. The van der Waals surface area contributed by atoms with Gasteiger partial charge >= 0.3 is 5.97 Å². The van der Waals surface area contributed by atoms with E-state index in [2.05, 4.69) is 15.3 Å². The zero-order valence-electron chi connectivity index (χ0n) is 18.0. The Bertz CT molecular complexity index is 1140. The normalized spacial score (nSPS) is 10.5. The van der Waals surface area contributed by atoms with Crippen LogP contribution in [0.5, 0.6) is 23.0 Å². The molecule has 0 saturated carbocycles. The molecule has 2 N–H and O–H groups in total. The van der Waals surface area contributed by atoms with Gasteiger partial charge in [-0.25, -0.2) is 23.5 Å². The molecule has 174 valence electrons. The topological polar surface area (TPSA) is 112 Å². The van der Waals surface area contributed by atoms with E-state index in [1.165, 1.54) is 45.7 Å². The molecular weight excluding hydrogens is 440 g/mol. The van der Waals surface area contributed by atoms with E-state index in [-0.39, 0.29) is 40.9 Å². The van der Waals surface area contributed by atoms with Crippen LogP contribution in [0.3, 0.4) is 0 Å². The van der Waals surface area contributed by atoms with Gasteiger partial charge in [0, 0.05) is 11.8 Å². The van der Waals surface area contributed by atoms with E-state index in [0.717, 1.165) is 0 Å². The molecule has 0 aliphatic rings. The summed E-state index contributed by atoms with van der Waals surface area (Å²) >= 11 is 0. The predicted octanol–water partition coefficient (Wildman–Crippen LogP) is 3.87. The number of carboxylic acid groups (broad SMARTS) is 1. The maximum absolute atomic E-state index is 14.4. The zero-order chi connectivity index (χ0) is 24.0. The second-order valence-electron chi connectivity index (χ2n) is 6.71. The number of halogens is 2. The van der Waals surface area contributed by atoms with Gasteiger partial charge in [-0.2, -0.15) is 0 Å². The number of hydrogen-bond acceptors (Lipinski definition) is 8. The Morgan fingerprint density at radius 2 is 1.70 bits per heavy atom. The summed E-state index contributed by atoms with van der Waals surface area (Å²) in [4.78, 5) is 19.0. The summed E-state index contributed by atoms with van der Waals surface area (Å²) in [6.07, 6.45) is 2.67. The van der Waals surface area contributed by atoms with E-state index in [1.807, 2.05) is 0 Å². The highest BCUT2D eigenvalue weighted by molar-refractivity contribution is 5.69. The summed E-state index contributed by atoms with van der Waals surface area (Å²) in [6.45, 7) is 0.590. The molecule has 0 aliphatic heterocycles. The molecule has 0 amide bonds. The molecule has 0 bridgehead atoms. The highest BCUT2D eigenvalue weighted by Crippen LogP contribution is 2.31. The quantitative estimate of drug-likeness (QED) is 0.465. The lowest BCUT2D eigenvalue weighted by Gasteiger charge is -2.13. The van der Waals surface area contributed by atoms with E-state index >= 15 is 0 Å². The highest BCUT2D eigenvalue weighted by atomic mass is 19.1. The van der Waals surface area contributed by atoms with Gasteiger partial charge in [0.25, 0.3) is 0 Å². The first-order valence-corrected chi connectivity index (χ1v) is 9.58. The molecule has 0 saturated heterocycles. The number of carboxylic acids is 1. The van der Waals surface area contributed by atoms with E-state index < -0.39 is 24.2 Å². The van der Waals surface area contributed by atoms with Gasteiger partial charge in [-0.05, 0) is 30.7 Å². The van der Waals surface area contributed by atoms with Gasteiger partial charge in [-0.3, -0.25) is 0 Å². The molecule has 0 spiro atoms. The van der Waals surface area contributed by atoms with Crippen molar-refractivity contribution in [1.82, 2.24) is 9.97 Å². The van der Waals surface area contributed by atoms with Gasteiger partial charge < -0.3 is 29.4 Å². The molecule has 0 aliphatic carbocycles. The minimum atomic E-state index is -1.13. The number of anilines is 2. The first kappa shape index (κ1) is 23.5. The average molecular weight is 461 g/mol. The van der Waals surface area contributed by atoms with Gasteiger partial charge in [0.2, 0.25) is 5.95 Å². The Balaban J connectivity index is 1.69. The van der Waals surface area contributed by atoms with Crippen molar-refractivity contribution in [2.24, 2.45) is 0 Å². The zero-order valence-corrected chi connectivity index (χ0v) is 18.0. The lowest BCUT2D eigenvalue weighted by molar-refractivity contribution is -0.139. The second-order valence-corrected chi connectivity index (χ2v) is 6.71. The number of aryl methyl sites for hydroxylation is 1. The molecule has 3 aromatic rings. The van der Waals surface area contributed by atoms with Crippen molar-refractivity contribution in [2.75, 3.05) is 26.1 Å². The van der Waals surface area contributed by atoms with Crippen LogP contribution in [0.15, 0.2) is 36.7 Å². The fourth-order valence-corrected chi connectivity index (χ4v) is 2.83. The Labute approximate surface area is 187 Å². The predicted molar refractivity (Wildman–Crippen MR) is 113 cm³/mol. The largest absolute Gasteiger partial charge is 0.494 e. The molecule has 0 unspecified atom stereocenters. The first-order valence-electron chi connectivity index (χ1n) is 9.58. The Kier molecular flexibility index (Phi) is 7.44. The lowest BCUT2D eigenvalue weighted by atomic mass is 10.1. The SMILES string of the molecule is COc1ccc(Nc2ncc(OCc3c(F)c(C)cc(OC)c3F)cn2)cc1OCC(=O)O. The van der Waals surface area contributed by atoms with Crippen molar-refractivity contribution >= 4 is 17.6 Å². The number of ether oxygens (including phenoxy) is 4. The summed E-state index contributed by atoms with van der Waals surface area (Å²) in [5.74, 6) is -1.77. The maximum atomic E-state index is 14.4. The third-order valence-electron chi connectivity index (χ3n) is 4.44. The van der Waals surface area contributed by atoms with Gasteiger partial charge in [0.15, 0.2) is 35.4 Å². The molecular formula is C22H21F2N3O6. The van der Waals surface area contributed by atoms with E-state index in [9.17, 15) is 13.6 Å². The average Bonchev–Trinajstić information content (AvgIpc) is 2.81. The number of methoxy groups -OCH3 is 2. The molecule has 1 aromatic heterocycles. The molecule has 1 heterocycles. The number of aromatic nitrogens is 2. The molecule has 2 aromatic carbocycles. The molecule has 0 atom stereocenters. The van der Waals surface area contributed by atoms with Crippen LogP contribution in [-0.4, -0.2) is 41.9 Å². The fraction of sp³-hybridized carbons (Fsp3) is 0.227. The Hall–Kier alpha value is -4.15. The number of hydrogen-bond donors (Lipinski definition) is 2. The second kappa shape index (κ2) is 10.4. The van der Waals surface area contributed by atoms with Crippen LogP contribution in [-0.2, 0) is 11.4 Å². The summed E-state index contributed by atoms with van der Waals surface area (Å²) in [7, 11) is 2.73. The number of aliphatic carboxylic acids is 1. The summed E-state index contributed by atoms with van der Waals surface area (Å²) < 4.78 is 49.4. The summed E-state index contributed by atoms with van der Waals surface area (Å²) in [5.41, 5.74) is 0.482. The molecule has 9 nitrogen and oxygen atoms in total. The summed E-state index contributed by atoms with van der Waals surface area (Å²) in [6, 6.07) is 6.06. The van der Waals surface area contributed by atoms with E-state index in [0.29, 0.717) is 11.4 Å². The van der Waals surface area contributed by atoms with Crippen molar-refractivity contribution in [2.45, 2.75) is 13.5 Å². The molecule has 11 heteroatoms. The number of nitrogens with zero attached hydrogens (tertiary/aromatic N) is 2. The first-order chi connectivity index (χ1) is 15.8. The smallest absolute Gasteiger partial charge is 0.341 e. The van der Waals surface area contributed by atoms with E-state index in [1.54, 1.807) is 12.1 Å². The number of benzene rings is 2. The monoisotopic (exact) mass is 461 g/mol. The summed E-state index contributed by atoms with van der Waals surface area (Å²) in [5, 5.41) is 11.7. The van der Waals surface area contributed by atoms with Crippen molar-refractivity contribution in [3.63, 3.8) is 0 Å². The van der Waals surface area contributed by atoms with Crippen LogP contribution in [0.1, 0.15) is 11.1 Å². The van der Waals surface area contributed by atoms with E-state index in [4.69, 9.17) is 24.1 Å². The minimum Gasteiger partial charge on any atom is -0.494 e. The third kappa shape index (κ3) is 5.76. The van der Waals surface area contributed by atoms with Crippen molar-refractivity contribution in [1.29, 1.82) is 0 Å². The third-order valence-corrected chi connectivity index (χ3v) is 4.44. The van der Waals surface area contributed by atoms with Gasteiger partial charge in [-0.15, -0.1) is 0 Å². The fourth-order valence-electron chi connectivity index (χ4n) is 2.83. The number of carbonyl (C=O) groups is 1. The van der Waals surface area contributed by atoms with Crippen LogP contribution >= 0.6 is 0 Å². The van der Waals surface area contributed by atoms with Gasteiger partial charge in [0.05, 0.1) is 32.2 Å². The van der Waals surface area contributed by atoms with Crippen molar-refractivity contribution < 1.29 is 37.6 Å². The Morgan fingerprint density at radius 1 is 1.00 bits per heavy atom. The number of rotatable bonds is 10. The molecule has 0 fully saturated rings.